The van der Waals surface area contributed by atoms with Crippen molar-refractivity contribution in [3.05, 3.63) is 30.1 Å². The SMILES string of the molecule is CC[C@@H]1CN(C(=O)c2cccnc2)CC[C@H]1CC(=O)OC. The normalized spacial score (nSPS) is 21.9. The fraction of sp³-hybridized carbons (Fsp3) is 0.562. The number of aromatic nitrogens is 1. The molecule has 1 saturated heterocycles. The Kier molecular flexibility index (Phi) is 5.31. The first-order valence-corrected chi connectivity index (χ1v) is 7.41. The fourth-order valence-corrected chi connectivity index (χ4v) is 2.97. The van der Waals surface area contributed by atoms with Crippen molar-refractivity contribution in [1.29, 1.82) is 0 Å². The minimum Gasteiger partial charge on any atom is -0.469 e. The van der Waals surface area contributed by atoms with E-state index in [-0.39, 0.29) is 11.9 Å². The van der Waals surface area contributed by atoms with Gasteiger partial charge in [-0.1, -0.05) is 13.3 Å². The van der Waals surface area contributed by atoms with Gasteiger partial charge in [-0.05, 0) is 30.4 Å². The van der Waals surface area contributed by atoms with Crippen LogP contribution in [0.3, 0.4) is 0 Å². The zero-order chi connectivity index (χ0) is 15.2. The molecular formula is C16H22N2O3. The average molecular weight is 290 g/mol. The molecule has 114 valence electrons. The first-order chi connectivity index (χ1) is 10.2. The molecule has 5 nitrogen and oxygen atoms in total. The highest BCUT2D eigenvalue weighted by Crippen LogP contribution is 2.29. The number of carbonyl (C=O) groups is 2. The molecule has 1 aliphatic heterocycles. The third-order valence-corrected chi connectivity index (χ3v) is 4.27. The highest BCUT2D eigenvalue weighted by Gasteiger charge is 2.32. The van der Waals surface area contributed by atoms with Gasteiger partial charge in [0.05, 0.1) is 12.7 Å². The van der Waals surface area contributed by atoms with Gasteiger partial charge in [-0.15, -0.1) is 0 Å². The van der Waals surface area contributed by atoms with Crippen molar-refractivity contribution < 1.29 is 14.3 Å². The highest BCUT2D eigenvalue weighted by molar-refractivity contribution is 5.93. The molecule has 21 heavy (non-hydrogen) atoms. The molecule has 0 saturated carbocycles. The summed E-state index contributed by atoms with van der Waals surface area (Å²) in [4.78, 5) is 29.8. The molecule has 0 spiro atoms. The van der Waals surface area contributed by atoms with E-state index < -0.39 is 0 Å². The summed E-state index contributed by atoms with van der Waals surface area (Å²) in [6.07, 6.45) is 5.51. The maximum Gasteiger partial charge on any atom is 0.305 e. The van der Waals surface area contributed by atoms with E-state index in [9.17, 15) is 9.59 Å². The maximum absolute atomic E-state index is 12.4. The number of rotatable bonds is 4. The van der Waals surface area contributed by atoms with E-state index in [4.69, 9.17) is 4.74 Å². The zero-order valence-corrected chi connectivity index (χ0v) is 12.6. The molecule has 5 heteroatoms. The highest BCUT2D eigenvalue weighted by atomic mass is 16.5. The summed E-state index contributed by atoms with van der Waals surface area (Å²) >= 11 is 0. The molecule has 0 N–H and O–H groups in total. The Labute approximate surface area is 125 Å². The molecule has 1 aromatic rings. The lowest BCUT2D eigenvalue weighted by atomic mass is 9.81. The smallest absolute Gasteiger partial charge is 0.305 e. The summed E-state index contributed by atoms with van der Waals surface area (Å²) in [5.74, 6) is 0.516. The third kappa shape index (κ3) is 3.80. The molecular weight excluding hydrogens is 268 g/mol. The Morgan fingerprint density at radius 3 is 2.86 bits per heavy atom. The van der Waals surface area contributed by atoms with Gasteiger partial charge in [-0.2, -0.15) is 0 Å². The Morgan fingerprint density at radius 2 is 2.24 bits per heavy atom. The number of amides is 1. The number of nitrogens with zero attached hydrogens (tertiary/aromatic N) is 2. The van der Waals surface area contributed by atoms with E-state index in [1.807, 2.05) is 4.90 Å². The van der Waals surface area contributed by atoms with Gasteiger partial charge in [0.15, 0.2) is 0 Å². The van der Waals surface area contributed by atoms with Gasteiger partial charge in [0, 0.05) is 31.9 Å². The molecule has 1 amide bonds. The van der Waals surface area contributed by atoms with E-state index in [1.54, 1.807) is 24.5 Å². The molecule has 0 aromatic carbocycles. The Morgan fingerprint density at radius 1 is 1.43 bits per heavy atom. The number of ether oxygens (including phenoxy) is 1. The predicted octanol–water partition coefficient (Wildman–Crippen LogP) is 2.13. The van der Waals surface area contributed by atoms with Crippen LogP contribution in [-0.2, 0) is 9.53 Å². The van der Waals surface area contributed by atoms with Gasteiger partial charge < -0.3 is 9.64 Å². The quantitative estimate of drug-likeness (QED) is 0.797. The Balaban J connectivity index is 2.00. The molecule has 2 heterocycles. The van der Waals surface area contributed by atoms with E-state index in [1.165, 1.54) is 7.11 Å². The molecule has 2 rings (SSSR count). The van der Waals surface area contributed by atoms with Crippen molar-refractivity contribution in [2.24, 2.45) is 11.8 Å². The van der Waals surface area contributed by atoms with Gasteiger partial charge >= 0.3 is 5.97 Å². The Hall–Kier alpha value is -1.91. The third-order valence-electron chi connectivity index (χ3n) is 4.27. The summed E-state index contributed by atoms with van der Waals surface area (Å²) < 4.78 is 4.76. The number of piperidine rings is 1. The van der Waals surface area contributed by atoms with Gasteiger partial charge in [-0.3, -0.25) is 14.6 Å². The zero-order valence-electron chi connectivity index (χ0n) is 12.6. The number of methoxy groups -OCH3 is 1. The summed E-state index contributed by atoms with van der Waals surface area (Å²) in [5.41, 5.74) is 0.624. The summed E-state index contributed by atoms with van der Waals surface area (Å²) in [6.45, 7) is 3.49. The van der Waals surface area contributed by atoms with Crippen LogP contribution in [0.1, 0.15) is 36.5 Å². The molecule has 1 aromatic heterocycles. The van der Waals surface area contributed by atoms with Gasteiger partial charge in [0.25, 0.3) is 5.91 Å². The van der Waals surface area contributed by atoms with Crippen LogP contribution in [0.2, 0.25) is 0 Å². The van der Waals surface area contributed by atoms with E-state index in [0.717, 1.165) is 12.8 Å². The van der Waals surface area contributed by atoms with E-state index in [0.29, 0.717) is 36.9 Å². The van der Waals surface area contributed by atoms with Crippen molar-refractivity contribution in [3.8, 4) is 0 Å². The summed E-state index contributed by atoms with van der Waals surface area (Å²) in [5, 5.41) is 0. The predicted molar refractivity (Wildman–Crippen MR) is 78.7 cm³/mol. The maximum atomic E-state index is 12.4. The number of esters is 1. The molecule has 0 radical (unpaired) electrons. The molecule has 0 unspecified atom stereocenters. The largest absolute Gasteiger partial charge is 0.469 e. The molecule has 2 atom stereocenters. The minimum absolute atomic E-state index is 0.0260. The van der Waals surface area contributed by atoms with Crippen molar-refractivity contribution >= 4 is 11.9 Å². The number of likely N-dealkylation sites (tertiary alicyclic amines) is 1. The molecule has 1 fully saturated rings. The van der Waals surface area contributed by atoms with Gasteiger partial charge in [0.1, 0.15) is 0 Å². The monoisotopic (exact) mass is 290 g/mol. The number of hydrogen-bond acceptors (Lipinski definition) is 4. The van der Waals surface area contributed by atoms with Crippen LogP contribution in [0.15, 0.2) is 24.5 Å². The van der Waals surface area contributed by atoms with Crippen LogP contribution < -0.4 is 0 Å². The minimum atomic E-state index is -0.162. The molecule has 0 aliphatic carbocycles. The summed E-state index contributed by atoms with van der Waals surface area (Å²) in [7, 11) is 1.42. The topological polar surface area (TPSA) is 59.5 Å². The van der Waals surface area contributed by atoms with Crippen LogP contribution in [0, 0.1) is 11.8 Å². The van der Waals surface area contributed by atoms with E-state index >= 15 is 0 Å². The van der Waals surface area contributed by atoms with Crippen LogP contribution in [-0.4, -0.2) is 42.0 Å². The second-order valence-electron chi connectivity index (χ2n) is 5.49. The van der Waals surface area contributed by atoms with Crippen molar-refractivity contribution in [1.82, 2.24) is 9.88 Å². The van der Waals surface area contributed by atoms with Crippen LogP contribution in [0.4, 0.5) is 0 Å². The standard InChI is InChI=1S/C16H22N2O3/c1-3-12-11-18(8-6-13(12)9-15(19)21-2)16(20)14-5-4-7-17-10-14/h4-5,7,10,12-13H,3,6,8-9,11H2,1-2H3/t12-,13+/m1/s1. The second kappa shape index (κ2) is 7.20. The average Bonchev–Trinajstić information content (AvgIpc) is 2.55. The van der Waals surface area contributed by atoms with Crippen molar-refractivity contribution in [2.45, 2.75) is 26.2 Å². The second-order valence-corrected chi connectivity index (χ2v) is 5.49. The van der Waals surface area contributed by atoms with Crippen LogP contribution in [0.25, 0.3) is 0 Å². The molecule has 1 aliphatic rings. The van der Waals surface area contributed by atoms with Crippen LogP contribution in [0.5, 0.6) is 0 Å². The van der Waals surface area contributed by atoms with Crippen LogP contribution >= 0.6 is 0 Å². The lowest BCUT2D eigenvalue weighted by Gasteiger charge is -2.38. The first kappa shape index (κ1) is 15.5. The lowest BCUT2D eigenvalue weighted by molar-refractivity contribution is -0.142. The summed E-state index contributed by atoms with van der Waals surface area (Å²) in [6, 6.07) is 3.56. The van der Waals surface area contributed by atoms with Crippen molar-refractivity contribution in [2.75, 3.05) is 20.2 Å². The van der Waals surface area contributed by atoms with Gasteiger partial charge in [-0.25, -0.2) is 0 Å². The molecule has 0 bridgehead atoms. The Bertz CT molecular complexity index is 490. The van der Waals surface area contributed by atoms with Gasteiger partial charge in [0.2, 0.25) is 0 Å². The lowest BCUT2D eigenvalue weighted by Crippen LogP contribution is -2.44. The van der Waals surface area contributed by atoms with E-state index in [2.05, 4.69) is 11.9 Å². The number of carbonyl (C=O) groups excluding carboxylic acids is 2. The number of hydrogen-bond donors (Lipinski definition) is 0. The fourth-order valence-electron chi connectivity index (χ4n) is 2.97. The first-order valence-electron chi connectivity index (χ1n) is 7.41. The number of pyridine rings is 1. The van der Waals surface area contributed by atoms with Crippen molar-refractivity contribution in [3.63, 3.8) is 0 Å².